The maximum atomic E-state index is 12.4. The molecule has 1 atom stereocenters. The minimum atomic E-state index is -0.674. The number of H-pyrrole nitrogens is 1. The lowest BCUT2D eigenvalue weighted by molar-refractivity contribution is -0.138. The molecule has 130 valence electrons. The maximum absolute atomic E-state index is 12.4. The van der Waals surface area contributed by atoms with Gasteiger partial charge in [-0.05, 0) is 26.7 Å². The van der Waals surface area contributed by atoms with Crippen LogP contribution >= 0.6 is 12.4 Å². The van der Waals surface area contributed by atoms with Crippen molar-refractivity contribution in [1.82, 2.24) is 15.1 Å². The summed E-state index contributed by atoms with van der Waals surface area (Å²) in [5, 5.41) is 6.39. The van der Waals surface area contributed by atoms with Gasteiger partial charge in [0.2, 0.25) is 5.88 Å². The summed E-state index contributed by atoms with van der Waals surface area (Å²) < 4.78 is 10.5. The number of aromatic amines is 1. The fourth-order valence-corrected chi connectivity index (χ4v) is 2.49. The van der Waals surface area contributed by atoms with Crippen LogP contribution < -0.4 is 4.74 Å². The first-order valence-electron chi connectivity index (χ1n) is 7.79. The second-order valence-electron chi connectivity index (χ2n) is 5.33. The number of likely N-dealkylation sites (tertiary alicyclic amines) is 1. The highest BCUT2D eigenvalue weighted by Gasteiger charge is 2.25. The Morgan fingerprint density at radius 1 is 1.30 bits per heavy atom. The Hall–Kier alpha value is -1.76. The first-order chi connectivity index (χ1) is 10.6. The Bertz CT molecular complexity index is 513. The van der Waals surface area contributed by atoms with Gasteiger partial charge in [-0.25, -0.2) is 9.89 Å². The third-order valence-corrected chi connectivity index (χ3v) is 3.66. The van der Waals surface area contributed by atoms with Crippen LogP contribution in [0.5, 0.6) is 5.88 Å². The van der Waals surface area contributed by atoms with Crippen molar-refractivity contribution in [3.05, 3.63) is 11.8 Å². The molecule has 1 unspecified atom stereocenters. The number of carbonyl (C=O) groups excluding carboxylic acids is 2. The predicted molar refractivity (Wildman–Crippen MR) is 86.9 cm³/mol. The van der Waals surface area contributed by atoms with E-state index in [2.05, 4.69) is 10.2 Å². The summed E-state index contributed by atoms with van der Waals surface area (Å²) in [6, 6.07) is 0. The first-order valence-corrected chi connectivity index (χ1v) is 7.79. The van der Waals surface area contributed by atoms with Crippen molar-refractivity contribution in [1.29, 1.82) is 0 Å². The van der Waals surface area contributed by atoms with E-state index >= 15 is 0 Å². The van der Waals surface area contributed by atoms with E-state index in [9.17, 15) is 9.59 Å². The number of aromatic nitrogens is 2. The molecule has 0 bridgehead atoms. The van der Waals surface area contributed by atoms with Gasteiger partial charge in [-0.1, -0.05) is 12.8 Å². The molecular weight excluding hydrogens is 322 g/mol. The summed E-state index contributed by atoms with van der Waals surface area (Å²) in [6.45, 7) is 5.21. The van der Waals surface area contributed by atoms with E-state index in [0.29, 0.717) is 0 Å². The van der Waals surface area contributed by atoms with Crippen LogP contribution in [0.15, 0.2) is 6.20 Å². The van der Waals surface area contributed by atoms with Gasteiger partial charge < -0.3 is 14.4 Å². The third-order valence-electron chi connectivity index (χ3n) is 3.66. The number of rotatable bonds is 5. The normalized spacial score (nSPS) is 16.0. The number of hydrogen-bond acceptors (Lipinski definition) is 5. The van der Waals surface area contributed by atoms with Gasteiger partial charge in [0, 0.05) is 13.1 Å². The summed E-state index contributed by atoms with van der Waals surface area (Å²) in [5.74, 6) is -0.402. The number of amides is 1. The molecule has 23 heavy (non-hydrogen) atoms. The number of carbonyl (C=O) groups is 2. The van der Waals surface area contributed by atoms with Crippen LogP contribution in [0.1, 0.15) is 49.9 Å². The molecule has 8 heteroatoms. The Morgan fingerprint density at radius 2 is 1.96 bits per heavy atom. The van der Waals surface area contributed by atoms with Crippen LogP contribution in [-0.4, -0.2) is 52.8 Å². The van der Waals surface area contributed by atoms with Gasteiger partial charge >= 0.3 is 5.97 Å². The van der Waals surface area contributed by atoms with Crippen molar-refractivity contribution >= 4 is 24.3 Å². The molecule has 0 aliphatic carbocycles. The number of nitrogens with zero attached hydrogens (tertiary/aromatic N) is 2. The minimum absolute atomic E-state index is 0. The average Bonchev–Trinajstić information content (AvgIpc) is 2.80. The number of nitrogens with one attached hydrogen (secondary N) is 1. The molecule has 0 spiro atoms. The lowest BCUT2D eigenvalue weighted by Gasteiger charge is -2.24. The number of hydrogen-bond donors (Lipinski definition) is 1. The Kier molecular flexibility index (Phi) is 7.88. The van der Waals surface area contributed by atoms with Crippen molar-refractivity contribution in [2.24, 2.45) is 0 Å². The molecule has 1 aromatic rings. The van der Waals surface area contributed by atoms with E-state index in [1.165, 1.54) is 6.20 Å². The molecule has 1 saturated heterocycles. The van der Waals surface area contributed by atoms with Crippen molar-refractivity contribution < 1.29 is 19.1 Å². The predicted octanol–water partition coefficient (Wildman–Crippen LogP) is 2.18. The van der Waals surface area contributed by atoms with E-state index in [1.54, 1.807) is 13.8 Å². The lowest BCUT2D eigenvalue weighted by atomic mass is 10.2. The molecule has 2 heterocycles. The minimum Gasteiger partial charge on any atom is -0.464 e. The summed E-state index contributed by atoms with van der Waals surface area (Å²) >= 11 is 0. The summed E-state index contributed by atoms with van der Waals surface area (Å²) in [4.78, 5) is 26.0. The first kappa shape index (κ1) is 19.3. The van der Waals surface area contributed by atoms with Gasteiger partial charge in [0.05, 0.1) is 12.8 Å². The van der Waals surface area contributed by atoms with Crippen molar-refractivity contribution in [3.8, 4) is 5.88 Å². The molecule has 1 amide bonds. The second kappa shape index (κ2) is 9.39. The highest BCUT2D eigenvalue weighted by molar-refractivity contribution is 5.91. The van der Waals surface area contributed by atoms with Gasteiger partial charge in [-0.15, -0.1) is 12.4 Å². The van der Waals surface area contributed by atoms with E-state index in [4.69, 9.17) is 9.47 Å². The number of ether oxygens (including phenoxy) is 2. The SMILES string of the molecule is CCOC(=O)c1cn[nH]c1OC(C)C(=O)N1CCCCCC1.Cl. The maximum Gasteiger partial charge on any atom is 0.345 e. The standard InChI is InChI=1S/C15H23N3O4.ClH/c1-3-21-15(20)12-10-16-17-13(12)22-11(2)14(19)18-8-6-4-5-7-9-18;/h10-11H,3-9H2,1-2H3,(H,16,17);1H. The molecular formula is C15H24ClN3O4. The van der Waals surface area contributed by atoms with Gasteiger partial charge in [0.15, 0.2) is 6.10 Å². The number of halogens is 1. The molecule has 1 fully saturated rings. The van der Waals surface area contributed by atoms with Crippen molar-refractivity contribution in [3.63, 3.8) is 0 Å². The molecule has 1 aliphatic rings. The van der Waals surface area contributed by atoms with Crippen LogP contribution in [0, 0.1) is 0 Å². The molecule has 1 N–H and O–H groups in total. The number of esters is 1. The largest absolute Gasteiger partial charge is 0.464 e. The highest BCUT2D eigenvalue weighted by Crippen LogP contribution is 2.18. The van der Waals surface area contributed by atoms with Gasteiger partial charge in [-0.3, -0.25) is 4.79 Å². The Balaban J connectivity index is 0.00000264. The highest BCUT2D eigenvalue weighted by atomic mass is 35.5. The topological polar surface area (TPSA) is 84.5 Å². The summed E-state index contributed by atoms with van der Waals surface area (Å²) in [7, 11) is 0. The average molecular weight is 346 g/mol. The van der Waals surface area contributed by atoms with Crippen LogP contribution in [0.25, 0.3) is 0 Å². The zero-order valence-electron chi connectivity index (χ0n) is 13.5. The van der Waals surface area contributed by atoms with Crippen LogP contribution in [-0.2, 0) is 9.53 Å². The van der Waals surface area contributed by atoms with Gasteiger partial charge in [0.1, 0.15) is 5.56 Å². The fraction of sp³-hybridized carbons (Fsp3) is 0.667. The molecule has 7 nitrogen and oxygen atoms in total. The van der Waals surface area contributed by atoms with E-state index < -0.39 is 12.1 Å². The molecule has 1 aliphatic heterocycles. The summed E-state index contributed by atoms with van der Waals surface area (Å²) in [5.41, 5.74) is 0.206. The lowest BCUT2D eigenvalue weighted by Crippen LogP contribution is -2.41. The van der Waals surface area contributed by atoms with Crippen molar-refractivity contribution in [2.45, 2.75) is 45.6 Å². The van der Waals surface area contributed by atoms with E-state index in [1.807, 2.05) is 4.90 Å². The molecule has 0 saturated carbocycles. The zero-order valence-corrected chi connectivity index (χ0v) is 14.4. The van der Waals surface area contributed by atoms with Gasteiger partial charge in [-0.2, -0.15) is 5.10 Å². The van der Waals surface area contributed by atoms with Gasteiger partial charge in [0.25, 0.3) is 5.91 Å². The third kappa shape index (κ3) is 5.13. The monoisotopic (exact) mass is 345 g/mol. The van der Waals surface area contributed by atoms with E-state index in [-0.39, 0.29) is 36.4 Å². The molecule has 1 aromatic heterocycles. The second-order valence-corrected chi connectivity index (χ2v) is 5.33. The van der Waals surface area contributed by atoms with E-state index in [0.717, 1.165) is 38.8 Å². The quantitative estimate of drug-likeness (QED) is 0.827. The zero-order chi connectivity index (χ0) is 15.9. The van der Waals surface area contributed by atoms with Crippen molar-refractivity contribution in [2.75, 3.05) is 19.7 Å². The van der Waals surface area contributed by atoms with Crippen LogP contribution in [0.2, 0.25) is 0 Å². The Labute approximate surface area is 142 Å². The van der Waals surface area contributed by atoms with Crippen LogP contribution in [0.4, 0.5) is 0 Å². The summed E-state index contributed by atoms with van der Waals surface area (Å²) in [6.07, 6.45) is 5.04. The fourth-order valence-electron chi connectivity index (χ4n) is 2.49. The van der Waals surface area contributed by atoms with Crippen LogP contribution in [0.3, 0.4) is 0 Å². The smallest absolute Gasteiger partial charge is 0.345 e. The Morgan fingerprint density at radius 3 is 2.57 bits per heavy atom. The molecule has 0 aromatic carbocycles. The molecule has 2 rings (SSSR count). The molecule has 0 radical (unpaired) electrons.